The van der Waals surface area contributed by atoms with Crippen LogP contribution in [0.4, 0.5) is 0 Å². The smallest absolute Gasteiger partial charge is 0.334 e. The van der Waals surface area contributed by atoms with Gasteiger partial charge in [-0.05, 0) is 29.5 Å². The van der Waals surface area contributed by atoms with Gasteiger partial charge in [0, 0.05) is 23.0 Å². The molecule has 0 saturated heterocycles. The van der Waals surface area contributed by atoms with Crippen molar-refractivity contribution in [3.05, 3.63) is 35.5 Å². The molecule has 0 amide bonds. The predicted octanol–water partition coefficient (Wildman–Crippen LogP) is 3.08. The van der Waals surface area contributed by atoms with Crippen LogP contribution >= 0.6 is 0 Å². The van der Waals surface area contributed by atoms with Crippen molar-refractivity contribution in [2.24, 2.45) is 0 Å². The van der Waals surface area contributed by atoms with E-state index in [0.29, 0.717) is 12.8 Å². The molecule has 0 aliphatic carbocycles. The van der Waals surface area contributed by atoms with Gasteiger partial charge in [-0.25, -0.2) is 4.79 Å². The molecule has 110 valence electrons. The number of carboxylic acids is 1. The molecule has 1 aliphatic rings. The topological polar surface area (TPSA) is 59.3 Å². The zero-order valence-electron chi connectivity index (χ0n) is 12.5. The molecule has 0 saturated carbocycles. The first-order valence-corrected chi connectivity index (χ1v) is 7.19. The van der Waals surface area contributed by atoms with Gasteiger partial charge in [-0.3, -0.25) is 4.79 Å². The van der Waals surface area contributed by atoms with Gasteiger partial charge in [0.1, 0.15) is 0 Å². The fraction of sp³-hybridized carbons (Fsp3) is 0.412. The molecule has 0 radical (unpaired) electrons. The van der Waals surface area contributed by atoms with Crippen LogP contribution in [0.15, 0.2) is 24.3 Å². The number of aromatic nitrogens is 1. The van der Waals surface area contributed by atoms with Gasteiger partial charge in [0.15, 0.2) is 11.8 Å². The molecule has 0 spiro atoms. The van der Waals surface area contributed by atoms with E-state index in [2.05, 4.69) is 32.9 Å². The van der Waals surface area contributed by atoms with Crippen molar-refractivity contribution in [1.29, 1.82) is 0 Å². The van der Waals surface area contributed by atoms with E-state index >= 15 is 0 Å². The Balaban J connectivity index is 2.33. The quantitative estimate of drug-likeness (QED) is 0.819. The van der Waals surface area contributed by atoms with Crippen molar-refractivity contribution in [2.45, 2.75) is 45.1 Å². The Labute approximate surface area is 123 Å². The number of nitrogens with zero attached hydrogens (tertiary/aromatic N) is 1. The van der Waals surface area contributed by atoms with E-state index in [4.69, 9.17) is 0 Å². The standard InChI is InChI=1S/C17H19NO3/c1-17(2,3)12-5-4-6-13-11(12)9-10-7-8-14(19)15(16(20)21)18(10)13/h4-6,9,15H,7-8H2,1-3H3,(H,20,21). The third kappa shape index (κ3) is 2.06. The second-order valence-corrected chi connectivity index (χ2v) is 6.70. The number of carbonyl (C=O) groups excluding carboxylic acids is 1. The third-order valence-electron chi connectivity index (χ3n) is 4.20. The second-order valence-electron chi connectivity index (χ2n) is 6.70. The first-order valence-electron chi connectivity index (χ1n) is 7.19. The Morgan fingerprint density at radius 2 is 2.00 bits per heavy atom. The first-order chi connectivity index (χ1) is 9.80. The molecule has 0 fully saturated rings. The highest BCUT2D eigenvalue weighted by Gasteiger charge is 2.35. The molecule has 4 heteroatoms. The van der Waals surface area contributed by atoms with Gasteiger partial charge in [0.25, 0.3) is 0 Å². The van der Waals surface area contributed by atoms with Gasteiger partial charge in [0.05, 0.1) is 0 Å². The van der Waals surface area contributed by atoms with Crippen molar-refractivity contribution in [2.75, 3.05) is 0 Å². The highest BCUT2D eigenvalue weighted by molar-refractivity contribution is 6.03. The molecule has 2 aromatic rings. The SMILES string of the molecule is CC(C)(C)c1cccc2c1cc1n2C(C(=O)O)C(=O)CC1. The van der Waals surface area contributed by atoms with E-state index in [1.165, 1.54) is 5.56 Å². The monoisotopic (exact) mass is 285 g/mol. The Kier molecular flexibility index (Phi) is 2.94. The van der Waals surface area contributed by atoms with Crippen molar-refractivity contribution in [1.82, 2.24) is 4.57 Å². The number of carboxylic acid groups (broad SMARTS) is 1. The molecule has 1 aromatic heterocycles. The van der Waals surface area contributed by atoms with Crippen molar-refractivity contribution in [3.63, 3.8) is 0 Å². The number of benzene rings is 1. The zero-order valence-corrected chi connectivity index (χ0v) is 12.5. The van der Waals surface area contributed by atoms with E-state index < -0.39 is 12.0 Å². The van der Waals surface area contributed by atoms with Crippen LogP contribution in [0, 0.1) is 0 Å². The number of ketones is 1. The molecule has 1 atom stereocenters. The van der Waals surface area contributed by atoms with Crippen molar-refractivity contribution >= 4 is 22.7 Å². The van der Waals surface area contributed by atoms with Gasteiger partial charge >= 0.3 is 5.97 Å². The summed E-state index contributed by atoms with van der Waals surface area (Å²) in [4.78, 5) is 23.5. The number of aliphatic carboxylic acids is 1. The number of fused-ring (bicyclic) bond motifs is 3. The fourth-order valence-corrected chi connectivity index (χ4v) is 3.24. The average Bonchev–Trinajstić information content (AvgIpc) is 2.75. The number of hydrogen-bond acceptors (Lipinski definition) is 2. The van der Waals surface area contributed by atoms with Crippen LogP contribution in [0.2, 0.25) is 0 Å². The lowest BCUT2D eigenvalue weighted by Gasteiger charge is -2.23. The number of Topliss-reactive ketones (excluding diaryl/α,β-unsaturated/α-hetero) is 1. The first kappa shape index (κ1) is 13.9. The van der Waals surface area contributed by atoms with Crippen molar-refractivity contribution in [3.8, 4) is 0 Å². The number of aryl methyl sites for hydroxylation is 1. The molecular weight excluding hydrogens is 266 g/mol. The minimum Gasteiger partial charge on any atom is -0.479 e. The largest absolute Gasteiger partial charge is 0.479 e. The van der Waals surface area contributed by atoms with Gasteiger partial charge < -0.3 is 9.67 Å². The lowest BCUT2D eigenvalue weighted by molar-refractivity contribution is -0.145. The van der Waals surface area contributed by atoms with Crippen LogP contribution in [-0.2, 0) is 21.4 Å². The Morgan fingerprint density at radius 1 is 1.29 bits per heavy atom. The molecule has 1 unspecified atom stereocenters. The molecule has 2 heterocycles. The van der Waals surface area contributed by atoms with Gasteiger partial charge in [-0.1, -0.05) is 32.9 Å². The summed E-state index contributed by atoms with van der Waals surface area (Å²) in [6.45, 7) is 6.41. The average molecular weight is 285 g/mol. The van der Waals surface area contributed by atoms with Gasteiger partial charge in [-0.15, -0.1) is 0 Å². The lowest BCUT2D eigenvalue weighted by atomic mass is 9.85. The molecular formula is C17H19NO3. The van der Waals surface area contributed by atoms with Gasteiger partial charge in [0.2, 0.25) is 0 Å². The molecule has 1 N–H and O–H groups in total. The highest BCUT2D eigenvalue weighted by atomic mass is 16.4. The van der Waals surface area contributed by atoms with Crippen LogP contribution in [-0.4, -0.2) is 21.4 Å². The summed E-state index contributed by atoms with van der Waals surface area (Å²) in [5, 5.41) is 10.5. The molecule has 3 rings (SSSR count). The van der Waals surface area contributed by atoms with Gasteiger partial charge in [-0.2, -0.15) is 0 Å². The van der Waals surface area contributed by atoms with E-state index in [0.717, 1.165) is 16.6 Å². The summed E-state index contributed by atoms with van der Waals surface area (Å²) in [7, 11) is 0. The molecule has 4 nitrogen and oxygen atoms in total. The molecule has 0 bridgehead atoms. The maximum Gasteiger partial charge on any atom is 0.334 e. The zero-order chi connectivity index (χ0) is 15.4. The minimum absolute atomic E-state index is 0.0280. The highest BCUT2D eigenvalue weighted by Crippen LogP contribution is 2.36. The van der Waals surface area contributed by atoms with E-state index in [1.807, 2.05) is 12.1 Å². The van der Waals surface area contributed by atoms with E-state index in [1.54, 1.807) is 4.57 Å². The van der Waals surface area contributed by atoms with Crippen LogP contribution in [0.5, 0.6) is 0 Å². The maximum atomic E-state index is 12.0. The molecule has 1 aromatic carbocycles. The van der Waals surface area contributed by atoms with Crippen LogP contribution < -0.4 is 0 Å². The molecule has 1 aliphatic heterocycles. The summed E-state index contributed by atoms with van der Waals surface area (Å²) in [6.07, 6.45) is 0.916. The number of rotatable bonds is 1. The fourth-order valence-electron chi connectivity index (χ4n) is 3.24. The lowest BCUT2D eigenvalue weighted by Crippen LogP contribution is -2.32. The summed E-state index contributed by atoms with van der Waals surface area (Å²) in [5.41, 5.74) is 2.93. The predicted molar refractivity (Wildman–Crippen MR) is 80.6 cm³/mol. The van der Waals surface area contributed by atoms with Crippen molar-refractivity contribution < 1.29 is 14.7 Å². The second kappa shape index (κ2) is 4.45. The minimum atomic E-state index is -1.08. The normalized spacial score (nSPS) is 18.8. The Morgan fingerprint density at radius 3 is 2.62 bits per heavy atom. The third-order valence-corrected chi connectivity index (χ3v) is 4.20. The van der Waals surface area contributed by atoms with E-state index in [-0.39, 0.29) is 11.2 Å². The number of hydrogen-bond donors (Lipinski definition) is 1. The van der Waals surface area contributed by atoms with Crippen LogP contribution in [0.25, 0.3) is 10.9 Å². The maximum absolute atomic E-state index is 12.0. The Hall–Kier alpha value is -2.10. The Bertz CT molecular complexity index is 749. The summed E-state index contributed by atoms with van der Waals surface area (Å²) in [5.74, 6) is -1.28. The summed E-state index contributed by atoms with van der Waals surface area (Å²) >= 11 is 0. The summed E-state index contributed by atoms with van der Waals surface area (Å²) < 4.78 is 1.71. The van der Waals surface area contributed by atoms with Crippen LogP contribution in [0.1, 0.15) is 44.5 Å². The summed E-state index contributed by atoms with van der Waals surface area (Å²) in [6, 6.07) is 6.89. The van der Waals surface area contributed by atoms with Crippen LogP contribution in [0.3, 0.4) is 0 Å². The van der Waals surface area contributed by atoms with E-state index in [9.17, 15) is 14.7 Å². The number of carbonyl (C=O) groups is 2. The molecule has 21 heavy (non-hydrogen) atoms.